The smallest absolute Gasteiger partial charge is 0.277 e. The van der Waals surface area contributed by atoms with Gasteiger partial charge in [-0.25, -0.2) is 5.01 Å². The van der Waals surface area contributed by atoms with Crippen molar-refractivity contribution in [2.75, 3.05) is 5.75 Å². The number of pyridine rings is 1. The van der Waals surface area contributed by atoms with Crippen LogP contribution in [0, 0.1) is 0 Å². The molecule has 0 saturated carbocycles. The summed E-state index contributed by atoms with van der Waals surface area (Å²) in [5.41, 5.74) is 1.46. The third-order valence-corrected chi connectivity index (χ3v) is 5.30. The Morgan fingerprint density at radius 2 is 1.93 bits per heavy atom. The first-order chi connectivity index (χ1) is 14.8. The van der Waals surface area contributed by atoms with E-state index in [9.17, 15) is 4.79 Å². The molecule has 0 N–H and O–H groups in total. The van der Waals surface area contributed by atoms with E-state index >= 15 is 0 Å². The molecule has 0 fully saturated rings. The minimum Gasteiger partial charge on any atom is -0.467 e. The van der Waals surface area contributed by atoms with Gasteiger partial charge in [0, 0.05) is 24.4 Å². The first-order valence-electron chi connectivity index (χ1n) is 9.11. The van der Waals surface area contributed by atoms with Gasteiger partial charge in [-0.3, -0.25) is 9.78 Å². The highest BCUT2D eigenvalue weighted by Gasteiger charge is 2.35. The molecule has 5 rings (SSSR count). The molecule has 5 heterocycles. The largest absolute Gasteiger partial charge is 0.467 e. The molecule has 10 heteroatoms. The molecule has 4 aromatic heterocycles. The Morgan fingerprint density at radius 3 is 2.70 bits per heavy atom. The lowest BCUT2D eigenvalue weighted by atomic mass is 10.1. The van der Waals surface area contributed by atoms with Gasteiger partial charge in [0.25, 0.3) is 11.1 Å². The van der Waals surface area contributed by atoms with Gasteiger partial charge in [-0.05, 0) is 36.4 Å². The lowest BCUT2D eigenvalue weighted by Crippen LogP contribution is -2.28. The molecule has 1 amide bonds. The van der Waals surface area contributed by atoms with Crippen molar-refractivity contribution in [1.29, 1.82) is 0 Å². The van der Waals surface area contributed by atoms with Crippen molar-refractivity contribution >= 4 is 23.4 Å². The van der Waals surface area contributed by atoms with E-state index in [-0.39, 0.29) is 17.7 Å². The van der Waals surface area contributed by atoms with Gasteiger partial charge in [0.1, 0.15) is 23.3 Å². The van der Waals surface area contributed by atoms with E-state index < -0.39 is 0 Å². The molecule has 0 saturated heterocycles. The van der Waals surface area contributed by atoms with Crippen LogP contribution < -0.4 is 0 Å². The van der Waals surface area contributed by atoms with Crippen LogP contribution in [-0.4, -0.2) is 37.6 Å². The van der Waals surface area contributed by atoms with Crippen LogP contribution in [-0.2, 0) is 4.79 Å². The van der Waals surface area contributed by atoms with Gasteiger partial charge >= 0.3 is 0 Å². The summed E-state index contributed by atoms with van der Waals surface area (Å²) in [6.45, 7) is 0. The number of hydrazone groups is 1. The van der Waals surface area contributed by atoms with Crippen LogP contribution in [0.1, 0.15) is 24.0 Å². The van der Waals surface area contributed by atoms with Crippen molar-refractivity contribution in [3.63, 3.8) is 0 Å². The average molecular weight is 421 g/mol. The molecule has 1 aliphatic rings. The zero-order chi connectivity index (χ0) is 20.3. The maximum Gasteiger partial charge on any atom is 0.277 e. The van der Waals surface area contributed by atoms with Crippen molar-refractivity contribution < 1.29 is 18.0 Å². The van der Waals surface area contributed by atoms with Crippen LogP contribution in [0.5, 0.6) is 0 Å². The van der Waals surface area contributed by atoms with Gasteiger partial charge in [0.2, 0.25) is 5.89 Å². The van der Waals surface area contributed by atoms with Gasteiger partial charge in [-0.15, -0.1) is 10.2 Å². The third-order valence-electron chi connectivity index (χ3n) is 4.50. The fraction of sp³-hybridized carbons (Fsp3) is 0.150. The topological polar surface area (TPSA) is 111 Å². The molecule has 1 atom stereocenters. The molecular weight excluding hydrogens is 406 g/mol. The normalized spacial score (nSPS) is 16.1. The lowest BCUT2D eigenvalue weighted by molar-refractivity contribution is -0.130. The molecule has 1 unspecified atom stereocenters. The minimum absolute atomic E-state index is 0.0874. The van der Waals surface area contributed by atoms with Crippen molar-refractivity contribution in [3.05, 3.63) is 72.8 Å². The average Bonchev–Trinajstić information content (AvgIpc) is 3.57. The fourth-order valence-electron chi connectivity index (χ4n) is 3.10. The van der Waals surface area contributed by atoms with E-state index in [0.717, 1.165) is 17.3 Å². The van der Waals surface area contributed by atoms with E-state index in [1.807, 2.05) is 12.1 Å². The van der Waals surface area contributed by atoms with Gasteiger partial charge in [-0.1, -0.05) is 11.8 Å². The number of aromatic nitrogens is 3. The molecule has 150 valence electrons. The Morgan fingerprint density at radius 1 is 1.10 bits per heavy atom. The summed E-state index contributed by atoms with van der Waals surface area (Å²) in [7, 11) is 0. The molecule has 30 heavy (non-hydrogen) atoms. The SMILES string of the molecule is O=C(CSc1nnc(-c2ccncc2)o1)N1N=C(c2ccco2)CC1c1ccco1. The second kappa shape index (κ2) is 7.99. The number of amides is 1. The molecule has 4 aromatic rings. The zero-order valence-corrected chi connectivity index (χ0v) is 16.4. The molecule has 0 spiro atoms. The van der Waals surface area contributed by atoms with Gasteiger partial charge in [0.15, 0.2) is 0 Å². The lowest BCUT2D eigenvalue weighted by Gasteiger charge is -2.19. The predicted molar refractivity (Wildman–Crippen MR) is 106 cm³/mol. The van der Waals surface area contributed by atoms with Gasteiger partial charge in [0.05, 0.1) is 18.3 Å². The van der Waals surface area contributed by atoms with Gasteiger partial charge in [-0.2, -0.15) is 5.10 Å². The molecule has 0 radical (unpaired) electrons. The standard InChI is InChI=1S/C20H15N5O4S/c26-18(12-30-20-23-22-19(29-20)13-5-7-21-8-6-13)25-15(17-4-2-10-28-17)11-14(24-25)16-3-1-9-27-16/h1-10,15H,11-12H2. The van der Waals surface area contributed by atoms with Crippen molar-refractivity contribution in [3.8, 4) is 11.5 Å². The third kappa shape index (κ3) is 3.64. The predicted octanol–water partition coefficient (Wildman–Crippen LogP) is 3.79. The van der Waals surface area contributed by atoms with Gasteiger partial charge < -0.3 is 13.3 Å². The Balaban J connectivity index is 1.31. The van der Waals surface area contributed by atoms with Crippen LogP contribution in [0.15, 0.2) is 84.9 Å². The summed E-state index contributed by atoms with van der Waals surface area (Å²) < 4.78 is 16.6. The molecule has 0 aliphatic carbocycles. The number of rotatable bonds is 6. The number of furan rings is 2. The number of thioether (sulfide) groups is 1. The Labute approximate surface area is 174 Å². The molecule has 9 nitrogen and oxygen atoms in total. The van der Waals surface area contributed by atoms with Crippen LogP contribution in [0.2, 0.25) is 0 Å². The maximum absolute atomic E-state index is 12.9. The second-order valence-electron chi connectivity index (χ2n) is 6.40. The Bertz CT molecular complexity index is 1160. The monoisotopic (exact) mass is 421 g/mol. The first kappa shape index (κ1) is 18.4. The van der Waals surface area contributed by atoms with E-state index in [0.29, 0.717) is 34.8 Å². The molecule has 1 aliphatic heterocycles. The molecule has 0 bridgehead atoms. The Kier molecular flexibility index (Phi) is 4.89. The van der Waals surface area contributed by atoms with Crippen molar-refractivity contribution in [2.24, 2.45) is 5.10 Å². The van der Waals surface area contributed by atoms with Crippen LogP contribution in [0.3, 0.4) is 0 Å². The summed E-state index contributed by atoms with van der Waals surface area (Å²) in [6, 6.07) is 10.4. The van der Waals surface area contributed by atoms with Crippen LogP contribution >= 0.6 is 11.8 Å². The summed E-state index contributed by atoms with van der Waals surface area (Å²) in [6.07, 6.45) is 6.95. The van der Waals surface area contributed by atoms with E-state index in [2.05, 4.69) is 20.3 Å². The maximum atomic E-state index is 12.9. The van der Waals surface area contributed by atoms with E-state index in [4.69, 9.17) is 13.3 Å². The number of nitrogens with zero attached hydrogens (tertiary/aromatic N) is 5. The van der Waals surface area contributed by atoms with E-state index in [1.165, 1.54) is 5.01 Å². The van der Waals surface area contributed by atoms with Crippen LogP contribution in [0.25, 0.3) is 11.5 Å². The summed E-state index contributed by atoms with van der Waals surface area (Å²) in [4.78, 5) is 16.9. The quantitative estimate of drug-likeness (QED) is 0.433. The van der Waals surface area contributed by atoms with E-state index in [1.54, 1.807) is 49.2 Å². The Hall–Kier alpha value is -3.66. The number of hydrogen-bond acceptors (Lipinski definition) is 9. The molecular formula is C20H15N5O4S. The summed E-state index contributed by atoms with van der Waals surface area (Å²) in [5, 5.41) is 14.3. The van der Waals surface area contributed by atoms with Crippen LogP contribution in [0.4, 0.5) is 0 Å². The van der Waals surface area contributed by atoms with Crippen molar-refractivity contribution in [2.45, 2.75) is 17.7 Å². The summed E-state index contributed by atoms with van der Waals surface area (Å²) in [5.74, 6) is 1.56. The van der Waals surface area contributed by atoms with Crippen molar-refractivity contribution in [1.82, 2.24) is 20.2 Å². The number of carbonyl (C=O) groups is 1. The highest BCUT2D eigenvalue weighted by atomic mass is 32.2. The minimum atomic E-state index is -0.330. The highest BCUT2D eigenvalue weighted by Crippen LogP contribution is 2.34. The number of hydrogen-bond donors (Lipinski definition) is 0. The fourth-order valence-corrected chi connectivity index (χ4v) is 3.72. The second-order valence-corrected chi connectivity index (χ2v) is 7.32. The molecule has 0 aromatic carbocycles. The first-order valence-corrected chi connectivity index (χ1v) is 10.1. The summed E-state index contributed by atoms with van der Waals surface area (Å²) >= 11 is 1.16. The highest BCUT2D eigenvalue weighted by molar-refractivity contribution is 7.99. The zero-order valence-electron chi connectivity index (χ0n) is 15.5. The number of carbonyl (C=O) groups excluding carboxylic acids is 1.